The van der Waals surface area contributed by atoms with Gasteiger partial charge in [-0.1, -0.05) is 13.8 Å². The molecule has 0 saturated carbocycles. The molecule has 14 heavy (non-hydrogen) atoms. The van der Waals surface area contributed by atoms with Gasteiger partial charge in [-0.3, -0.25) is 0 Å². The molecule has 0 aliphatic heterocycles. The van der Waals surface area contributed by atoms with Crippen molar-refractivity contribution >= 4 is 5.97 Å². The quantitative estimate of drug-likeness (QED) is 0.800. The van der Waals surface area contributed by atoms with E-state index < -0.39 is 5.97 Å². The molecule has 4 heteroatoms. The Kier molecular flexibility index (Phi) is 3.28. The van der Waals surface area contributed by atoms with E-state index in [1.54, 1.807) is 17.8 Å². The SMILES string of the molecule is Cc1ncn(CCC(C)C)c1C(=O)O. The van der Waals surface area contributed by atoms with E-state index >= 15 is 0 Å². The van der Waals surface area contributed by atoms with Crippen LogP contribution >= 0.6 is 0 Å². The Hall–Kier alpha value is -1.32. The molecule has 0 aromatic carbocycles. The van der Waals surface area contributed by atoms with Gasteiger partial charge in [-0.05, 0) is 19.3 Å². The molecule has 4 nitrogen and oxygen atoms in total. The van der Waals surface area contributed by atoms with Crippen molar-refractivity contribution in [1.82, 2.24) is 9.55 Å². The van der Waals surface area contributed by atoms with Gasteiger partial charge in [-0.25, -0.2) is 9.78 Å². The minimum absolute atomic E-state index is 0.311. The Morgan fingerprint density at radius 3 is 2.79 bits per heavy atom. The first kappa shape index (κ1) is 10.8. The van der Waals surface area contributed by atoms with Crippen LogP contribution in [-0.4, -0.2) is 20.6 Å². The third-order valence-corrected chi connectivity index (χ3v) is 2.17. The molecule has 0 atom stereocenters. The maximum atomic E-state index is 10.9. The highest BCUT2D eigenvalue weighted by Crippen LogP contribution is 2.09. The number of aromatic nitrogens is 2. The van der Waals surface area contributed by atoms with Crippen molar-refractivity contribution in [3.63, 3.8) is 0 Å². The topological polar surface area (TPSA) is 55.1 Å². The molecule has 0 aliphatic rings. The summed E-state index contributed by atoms with van der Waals surface area (Å²) in [6, 6.07) is 0. The van der Waals surface area contributed by atoms with Gasteiger partial charge < -0.3 is 9.67 Å². The van der Waals surface area contributed by atoms with Crippen LogP contribution in [0, 0.1) is 12.8 Å². The van der Waals surface area contributed by atoms with Gasteiger partial charge in [0.15, 0.2) is 0 Å². The number of carboxylic acids is 1. The molecule has 0 spiro atoms. The summed E-state index contributed by atoms with van der Waals surface area (Å²) >= 11 is 0. The maximum absolute atomic E-state index is 10.9. The number of rotatable bonds is 4. The summed E-state index contributed by atoms with van der Waals surface area (Å²) in [5.41, 5.74) is 0.895. The van der Waals surface area contributed by atoms with Crippen LogP contribution in [0.25, 0.3) is 0 Å². The Labute approximate surface area is 83.6 Å². The van der Waals surface area contributed by atoms with Crippen molar-refractivity contribution in [2.45, 2.75) is 33.7 Å². The summed E-state index contributed by atoms with van der Waals surface area (Å²) < 4.78 is 1.71. The van der Waals surface area contributed by atoms with Crippen LogP contribution in [0.1, 0.15) is 36.5 Å². The first-order valence-electron chi connectivity index (χ1n) is 4.77. The molecule has 0 unspecified atom stereocenters. The number of carboxylic acid groups (broad SMARTS) is 1. The molecule has 0 amide bonds. The predicted octanol–water partition coefficient (Wildman–Crippen LogP) is 1.94. The molecular formula is C10H16N2O2. The van der Waals surface area contributed by atoms with Crippen LogP contribution in [-0.2, 0) is 6.54 Å². The van der Waals surface area contributed by atoms with Gasteiger partial charge in [-0.15, -0.1) is 0 Å². The summed E-state index contributed by atoms with van der Waals surface area (Å²) in [5.74, 6) is -0.330. The zero-order valence-corrected chi connectivity index (χ0v) is 8.82. The van der Waals surface area contributed by atoms with Gasteiger partial charge in [0.2, 0.25) is 0 Å². The Morgan fingerprint density at radius 2 is 2.29 bits per heavy atom. The molecule has 1 aromatic rings. The summed E-state index contributed by atoms with van der Waals surface area (Å²) in [5, 5.41) is 8.94. The average molecular weight is 196 g/mol. The summed E-state index contributed by atoms with van der Waals surface area (Å²) in [4.78, 5) is 14.9. The molecule has 1 rings (SSSR count). The van der Waals surface area contributed by atoms with Gasteiger partial charge in [0.05, 0.1) is 12.0 Å². The number of imidazole rings is 1. The number of aryl methyl sites for hydroxylation is 2. The number of hydrogen-bond donors (Lipinski definition) is 1. The van der Waals surface area contributed by atoms with Crippen molar-refractivity contribution < 1.29 is 9.90 Å². The maximum Gasteiger partial charge on any atom is 0.354 e. The smallest absolute Gasteiger partial charge is 0.354 e. The van der Waals surface area contributed by atoms with E-state index in [-0.39, 0.29) is 0 Å². The van der Waals surface area contributed by atoms with E-state index in [4.69, 9.17) is 5.11 Å². The molecule has 1 heterocycles. The highest BCUT2D eigenvalue weighted by molar-refractivity contribution is 5.86. The fraction of sp³-hybridized carbons (Fsp3) is 0.600. The number of hydrogen-bond acceptors (Lipinski definition) is 2. The monoisotopic (exact) mass is 196 g/mol. The van der Waals surface area contributed by atoms with Crippen molar-refractivity contribution in [3.8, 4) is 0 Å². The second kappa shape index (κ2) is 4.26. The van der Waals surface area contributed by atoms with Crippen molar-refractivity contribution in [3.05, 3.63) is 17.7 Å². The molecular weight excluding hydrogens is 180 g/mol. The summed E-state index contributed by atoms with van der Waals surface area (Å²) in [6.07, 6.45) is 2.57. The van der Waals surface area contributed by atoms with E-state index in [0.29, 0.717) is 17.3 Å². The van der Waals surface area contributed by atoms with Crippen LogP contribution in [0.15, 0.2) is 6.33 Å². The minimum atomic E-state index is -0.899. The first-order chi connectivity index (χ1) is 6.52. The van der Waals surface area contributed by atoms with Crippen LogP contribution in [0.4, 0.5) is 0 Å². The summed E-state index contributed by atoms with van der Waals surface area (Å²) in [6.45, 7) is 6.67. The van der Waals surface area contributed by atoms with Crippen LogP contribution in [0.3, 0.4) is 0 Å². The molecule has 1 aromatic heterocycles. The second-order valence-electron chi connectivity index (χ2n) is 3.86. The third-order valence-electron chi connectivity index (χ3n) is 2.17. The fourth-order valence-corrected chi connectivity index (χ4v) is 1.33. The van der Waals surface area contributed by atoms with E-state index in [1.165, 1.54) is 0 Å². The van der Waals surface area contributed by atoms with E-state index in [2.05, 4.69) is 18.8 Å². The molecule has 78 valence electrons. The van der Waals surface area contributed by atoms with E-state index in [1.807, 2.05) is 0 Å². The molecule has 1 N–H and O–H groups in total. The van der Waals surface area contributed by atoms with Gasteiger partial charge >= 0.3 is 5.97 Å². The van der Waals surface area contributed by atoms with Crippen molar-refractivity contribution in [1.29, 1.82) is 0 Å². The number of carbonyl (C=O) groups is 1. The molecule has 0 fully saturated rings. The minimum Gasteiger partial charge on any atom is -0.477 e. The lowest BCUT2D eigenvalue weighted by atomic mass is 10.1. The zero-order valence-electron chi connectivity index (χ0n) is 8.82. The summed E-state index contributed by atoms with van der Waals surface area (Å²) in [7, 11) is 0. The van der Waals surface area contributed by atoms with Crippen molar-refractivity contribution in [2.24, 2.45) is 5.92 Å². The van der Waals surface area contributed by atoms with Crippen LogP contribution in [0.5, 0.6) is 0 Å². The standard InChI is InChI=1S/C10H16N2O2/c1-7(2)4-5-12-6-11-8(3)9(12)10(13)14/h6-7H,4-5H2,1-3H3,(H,13,14). The Balaban J connectivity index is 2.81. The van der Waals surface area contributed by atoms with Crippen LogP contribution < -0.4 is 0 Å². The van der Waals surface area contributed by atoms with E-state index in [9.17, 15) is 4.79 Å². The lowest BCUT2D eigenvalue weighted by Crippen LogP contribution is -2.10. The zero-order chi connectivity index (χ0) is 10.7. The molecule has 0 aliphatic carbocycles. The highest BCUT2D eigenvalue weighted by Gasteiger charge is 2.14. The second-order valence-corrected chi connectivity index (χ2v) is 3.86. The molecule has 0 bridgehead atoms. The fourth-order valence-electron chi connectivity index (χ4n) is 1.33. The van der Waals surface area contributed by atoms with Crippen molar-refractivity contribution in [2.75, 3.05) is 0 Å². The average Bonchev–Trinajstić information content (AvgIpc) is 2.43. The third kappa shape index (κ3) is 2.34. The lowest BCUT2D eigenvalue weighted by Gasteiger charge is -2.07. The number of nitrogens with zero attached hydrogens (tertiary/aromatic N) is 2. The Bertz CT molecular complexity index is 329. The van der Waals surface area contributed by atoms with Gasteiger partial charge in [0.1, 0.15) is 5.69 Å². The molecule has 0 radical (unpaired) electrons. The highest BCUT2D eigenvalue weighted by atomic mass is 16.4. The largest absolute Gasteiger partial charge is 0.477 e. The van der Waals surface area contributed by atoms with Gasteiger partial charge in [0, 0.05) is 6.54 Å². The van der Waals surface area contributed by atoms with Gasteiger partial charge in [-0.2, -0.15) is 0 Å². The lowest BCUT2D eigenvalue weighted by molar-refractivity contribution is 0.0683. The predicted molar refractivity (Wildman–Crippen MR) is 53.4 cm³/mol. The Morgan fingerprint density at radius 1 is 1.64 bits per heavy atom. The normalized spacial score (nSPS) is 10.9. The van der Waals surface area contributed by atoms with Crippen LogP contribution in [0.2, 0.25) is 0 Å². The van der Waals surface area contributed by atoms with Gasteiger partial charge in [0.25, 0.3) is 0 Å². The number of aromatic carboxylic acids is 1. The molecule has 0 saturated heterocycles. The first-order valence-corrected chi connectivity index (χ1v) is 4.77. The van der Waals surface area contributed by atoms with E-state index in [0.717, 1.165) is 13.0 Å².